The summed E-state index contributed by atoms with van der Waals surface area (Å²) in [5, 5.41) is 12.1. The molecule has 1 saturated heterocycles. The predicted octanol–water partition coefficient (Wildman–Crippen LogP) is 2.12. The Bertz CT molecular complexity index is 483. The first-order valence-electron chi connectivity index (χ1n) is 6.58. The maximum atomic E-state index is 8.92. The molecule has 1 aromatic heterocycles. The lowest BCUT2D eigenvalue weighted by atomic mass is 9.99. The Kier molecular flexibility index (Phi) is 4.35. The van der Waals surface area contributed by atoms with Gasteiger partial charge in [-0.25, -0.2) is 9.97 Å². The molecule has 5 nitrogen and oxygen atoms in total. The van der Waals surface area contributed by atoms with Crippen LogP contribution < -0.4 is 10.2 Å². The number of anilines is 2. The minimum absolute atomic E-state index is 0.192. The van der Waals surface area contributed by atoms with Crippen LogP contribution in [0.15, 0.2) is 18.7 Å². The van der Waals surface area contributed by atoms with Gasteiger partial charge in [-0.2, -0.15) is 5.26 Å². The second kappa shape index (κ2) is 6.19. The van der Waals surface area contributed by atoms with Crippen LogP contribution in [0.25, 0.3) is 0 Å². The first-order valence-corrected chi connectivity index (χ1v) is 6.58. The van der Waals surface area contributed by atoms with Crippen molar-refractivity contribution in [1.82, 2.24) is 9.97 Å². The molecule has 0 aliphatic carbocycles. The third-order valence-electron chi connectivity index (χ3n) is 3.25. The first-order chi connectivity index (χ1) is 9.22. The fraction of sp³-hybridized carbons (Fsp3) is 0.500. The van der Waals surface area contributed by atoms with Gasteiger partial charge >= 0.3 is 0 Å². The number of hydrogen-bond acceptors (Lipinski definition) is 5. The summed E-state index contributed by atoms with van der Waals surface area (Å²) in [5.74, 6) is 2.71. The summed E-state index contributed by atoms with van der Waals surface area (Å²) in [6.45, 7) is 8.03. The fourth-order valence-corrected chi connectivity index (χ4v) is 2.22. The van der Waals surface area contributed by atoms with E-state index in [0.29, 0.717) is 6.54 Å². The predicted molar refractivity (Wildman–Crippen MR) is 76.0 cm³/mol. The van der Waals surface area contributed by atoms with E-state index in [-0.39, 0.29) is 5.92 Å². The monoisotopic (exact) mass is 257 g/mol. The average molecular weight is 257 g/mol. The van der Waals surface area contributed by atoms with E-state index < -0.39 is 0 Å². The maximum Gasteiger partial charge on any atom is 0.134 e. The van der Waals surface area contributed by atoms with Crippen molar-refractivity contribution in [3.63, 3.8) is 0 Å². The normalized spacial score (nSPS) is 15.9. The highest BCUT2D eigenvalue weighted by atomic mass is 15.2. The number of aromatic nitrogens is 2. The lowest BCUT2D eigenvalue weighted by molar-refractivity contribution is 0.485. The molecule has 0 radical (unpaired) electrons. The molecule has 0 aromatic carbocycles. The van der Waals surface area contributed by atoms with Gasteiger partial charge in [-0.3, -0.25) is 0 Å². The summed E-state index contributed by atoms with van der Waals surface area (Å²) < 4.78 is 0. The number of piperidine rings is 1. The Morgan fingerprint density at radius 1 is 1.53 bits per heavy atom. The van der Waals surface area contributed by atoms with Crippen LogP contribution in [0.4, 0.5) is 11.6 Å². The van der Waals surface area contributed by atoms with Crippen LogP contribution >= 0.6 is 0 Å². The van der Waals surface area contributed by atoms with E-state index >= 15 is 0 Å². The highest BCUT2D eigenvalue weighted by Gasteiger charge is 2.20. The number of nitrogens with one attached hydrogen (secondary N) is 1. The Hall–Kier alpha value is -2.09. The van der Waals surface area contributed by atoms with E-state index in [1.54, 1.807) is 6.08 Å². The topological polar surface area (TPSA) is 64.8 Å². The average Bonchev–Trinajstić information content (AvgIpc) is 2.44. The van der Waals surface area contributed by atoms with Gasteiger partial charge in [0, 0.05) is 31.6 Å². The molecule has 19 heavy (non-hydrogen) atoms. The van der Waals surface area contributed by atoms with Gasteiger partial charge in [-0.15, -0.1) is 6.58 Å². The summed E-state index contributed by atoms with van der Waals surface area (Å²) in [6.07, 6.45) is 3.62. The van der Waals surface area contributed by atoms with E-state index in [2.05, 4.69) is 32.8 Å². The molecule has 1 aliphatic heterocycles. The van der Waals surface area contributed by atoms with Gasteiger partial charge in [0.25, 0.3) is 0 Å². The van der Waals surface area contributed by atoms with Crippen LogP contribution in [0.5, 0.6) is 0 Å². The van der Waals surface area contributed by atoms with E-state index in [1.807, 2.05) is 13.0 Å². The third kappa shape index (κ3) is 3.44. The number of hydrogen-bond donors (Lipinski definition) is 1. The summed E-state index contributed by atoms with van der Waals surface area (Å²) in [6, 6.07) is 4.31. The second-order valence-electron chi connectivity index (χ2n) is 4.72. The Morgan fingerprint density at radius 2 is 2.26 bits per heavy atom. The second-order valence-corrected chi connectivity index (χ2v) is 4.72. The molecule has 5 heteroatoms. The maximum absolute atomic E-state index is 8.92. The molecule has 1 aromatic rings. The van der Waals surface area contributed by atoms with Gasteiger partial charge in [0.05, 0.1) is 6.07 Å². The fourth-order valence-electron chi connectivity index (χ4n) is 2.22. The summed E-state index contributed by atoms with van der Waals surface area (Å²) in [7, 11) is 0. The van der Waals surface area contributed by atoms with Crippen LogP contribution in [0.3, 0.4) is 0 Å². The molecule has 100 valence electrons. The summed E-state index contributed by atoms with van der Waals surface area (Å²) in [5.41, 5.74) is 0. The summed E-state index contributed by atoms with van der Waals surface area (Å²) in [4.78, 5) is 11.1. The molecule has 0 saturated carbocycles. The molecule has 2 heterocycles. The highest BCUT2D eigenvalue weighted by molar-refractivity contribution is 5.50. The van der Waals surface area contributed by atoms with Gasteiger partial charge in [-0.05, 0) is 19.8 Å². The van der Waals surface area contributed by atoms with E-state index in [4.69, 9.17) is 5.26 Å². The van der Waals surface area contributed by atoms with Crippen LogP contribution in [0.1, 0.15) is 18.7 Å². The van der Waals surface area contributed by atoms with Gasteiger partial charge in [0.15, 0.2) is 0 Å². The molecule has 1 aliphatic rings. The zero-order valence-electron chi connectivity index (χ0n) is 11.3. The standard InChI is InChI=1S/C14H19N5/c1-3-6-16-13-9-14(18-11(2)17-13)19-7-4-12(10-15)5-8-19/h3,9,12H,1,4-8H2,2H3,(H,16,17,18). The van der Waals surface area contributed by atoms with Crippen molar-refractivity contribution in [1.29, 1.82) is 5.26 Å². The van der Waals surface area contributed by atoms with Gasteiger partial charge in [0.2, 0.25) is 0 Å². The van der Waals surface area contributed by atoms with Gasteiger partial charge < -0.3 is 10.2 Å². The number of nitrogens with zero attached hydrogens (tertiary/aromatic N) is 4. The zero-order valence-corrected chi connectivity index (χ0v) is 11.3. The quantitative estimate of drug-likeness (QED) is 0.837. The Balaban J connectivity index is 2.09. The van der Waals surface area contributed by atoms with Crippen LogP contribution in [0.2, 0.25) is 0 Å². The largest absolute Gasteiger partial charge is 0.366 e. The lowest BCUT2D eigenvalue weighted by Gasteiger charge is -2.30. The van der Waals surface area contributed by atoms with Crippen molar-refractivity contribution in [3.05, 3.63) is 24.5 Å². The molecular weight excluding hydrogens is 238 g/mol. The number of rotatable bonds is 4. The minimum atomic E-state index is 0.192. The molecule has 0 amide bonds. The Labute approximate surface area is 114 Å². The minimum Gasteiger partial charge on any atom is -0.366 e. The molecule has 0 atom stereocenters. The highest BCUT2D eigenvalue weighted by Crippen LogP contribution is 2.23. The van der Waals surface area contributed by atoms with Crippen molar-refractivity contribution >= 4 is 11.6 Å². The van der Waals surface area contributed by atoms with Crippen LogP contribution in [0, 0.1) is 24.2 Å². The lowest BCUT2D eigenvalue weighted by Crippen LogP contribution is -2.34. The van der Waals surface area contributed by atoms with Crippen molar-refractivity contribution < 1.29 is 0 Å². The van der Waals surface area contributed by atoms with E-state index in [1.165, 1.54) is 0 Å². The number of aryl methyl sites for hydroxylation is 1. The molecule has 0 spiro atoms. The van der Waals surface area contributed by atoms with Crippen molar-refractivity contribution in [2.75, 3.05) is 29.9 Å². The Morgan fingerprint density at radius 3 is 2.89 bits per heavy atom. The van der Waals surface area contributed by atoms with Crippen LogP contribution in [-0.2, 0) is 0 Å². The molecule has 0 unspecified atom stereocenters. The van der Waals surface area contributed by atoms with Crippen molar-refractivity contribution in [2.24, 2.45) is 5.92 Å². The molecular formula is C14H19N5. The number of nitriles is 1. The van der Waals surface area contributed by atoms with E-state index in [0.717, 1.165) is 43.4 Å². The molecule has 2 rings (SSSR count). The molecule has 1 fully saturated rings. The van der Waals surface area contributed by atoms with Crippen LogP contribution in [-0.4, -0.2) is 29.6 Å². The molecule has 0 bridgehead atoms. The van der Waals surface area contributed by atoms with Crippen molar-refractivity contribution in [2.45, 2.75) is 19.8 Å². The first kappa shape index (κ1) is 13.3. The van der Waals surface area contributed by atoms with Gasteiger partial charge in [0.1, 0.15) is 17.5 Å². The SMILES string of the molecule is C=CCNc1cc(N2CCC(C#N)CC2)nc(C)n1. The van der Waals surface area contributed by atoms with Gasteiger partial charge in [-0.1, -0.05) is 6.08 Å². The zero-order chi connectivity index (χ0) is 13.7. The third-order valence-corrected chi connectivity index (χ3v) is 3.25. The summed E-state index contributed by atoms with van der Waals surface area (Å²) >= 11 is 0. The molecule has 1 N–H and O–H groups in total. The van der Waals surface area contributed by atoms with E-state index in [9.17, 15) is 0 Å². The smallest absolute Gasteiger partial charge is 0.134 e. The van der Waals surface area contributed by atoms with Crippen molar-refractivity contribution in [3.8, 4) is 6.07 Å².